The van der Waals surface area contributed by atoms with Crippen molar-refractivity contribution in [3.8, 4) is 16.2 Å². The Balaban J connectivity index is 1.83. The van der Waals surface area contributed by atoms with Gasteiger partial charge in [-0.05, 0) is 0 Å². The van der Waals surface area contributed by atoms with E-state index in [1.807, 2.05) is 0 Å². The van der Waals surface area contributed by atoms with Crippen LogP contribution in [-0.4, -0.2) is 52.4 Å². The number of hydrogen-bond donors (Lipinski definition) is 3. The second kappa shape index (κ2) is 5.41. The van der Waals surface area contributed by atoms with Crippen LogP contribution in [0.2, 0.25) is 0 Å². The van der Waals surface area contributed by atoms with Gasteiger partial charge in [0.2, 0.25) is 0 Å². The number of carbonyl (C=O) groups excluding carboxylic acids is 1. The van der Waals surface area contributed by atoms with Crippen LogP contribution in [0.1, 0.15) is 16.1 Å². The molecule has 2 aliphatic rings. The van der Waals surface area contributed by atoms with Crippen LogP contribution in [0.25, 0.3) is 10.4 Å². The molecule has 1 amide bonds. The maximum Gasteiger partial charge on any atom is 0.416 e. The minimum atomic E-state index is -3.45. The average Bonchev–Trinajstić information content (AvgIpc) is 3.09. The number of hydrogen-bond acceptors (Lipinski definition) is 6. The molecule has 0 spiro atoms. The number of aromatic nitrogens is 2. The average molecular weight is 370 g/mol. The summed E-state index contributed by atoms with van der Waals surface area (Å²) < 4.78 is 33.1. The van der Waals surface area contributed by atoms with Crippen LogP contribution >= 0.6 is 11.3 Å². The number of halogens is 2. The summed E-state index contributed by atoms with van der Waals surface area (Å²) in [5, 5.41) is 17.9. The third-order valence-electron chi connectivity index (χ3n) is 3.95. The van der Waals surface area contributed by atoms with Gasteiger partial charge in [0.15, 0.2) is 5.75 Å². The summed E-state index contributed by atoms with van der Waals surface area (Å²) >= 11 is 1.01. The van der Waals surface area contributed by atoms with E-state index in [1.165, 1.54) is 17.3 Å². The van der Waals surface area contributed by atoms with Gasteiger partial charge in [0.1, 0.15) is 17.1 Å². The van der Waals surface area contributed by atoms with Crippen molar-refractivity contribution in [1.29, 1.82) is 0 Å². The maximum absolute atomic E-state index is 14.1. The lowest BCUT2D eigenvalue weighted by atomic mass is 10.1. The molecule has 11 heteroatoms. The van der Waals surface area contributed by atoms with Crippen molar-refractivity contribution in [2.45, 2.75) is 18.6 Å². The van der Waals surface area contributed by atoms with Crippen molar-refractivity contribution in [3.05, 3.63) is 17.3 Å². The van der Waals surface area contributed by atoms with Crippen molar-refractivity contribution in [2.24, 2.45) is 0 Å². The SMILES string of the molecule is O=C(O)C[C@@H]1CN2CC(F)(F)Oc3c(-c4cn[nH]c4)sc(c32)C(=O)N1. The molecule has 0 aromatic carbocycles. The first kappa shape index (κ1) is 15.8. The molecule has 3 N–H and O–H groups in total. The summed E-state index contributed by atoms with van der Waals surface area (Å²) in [6, 6.07) is -0.774. The Labute approximate surface area is 143 Å². The van der Waals surface area contributed by atoms with E-state index in [0.29, 0.717) is 10.4 Å². The first-order valence-electron chi connectivity index (χ1n) is 7.34. The van der Waals surface area contributed by atoms with Crippen LogP contribution in [0.15, 0.2) is 12.4 Å². The highest BCUT2D eigenvalue weighted by Crippen LogP contribution is 2.52. The van der Waals surface area contributed by atoms with Crippen LogP contribution in [0.3, 0.4) is 0 Å². The number of nitrogens with zero attached hydrogens (tertiary/aromatic N) is 2. The Bertz CT molecular complexity index is 851. The summed E-state index contributed by atoms with van der Waals surface area (Å²) in [5.74, 6) is -1.70. The van der Waals surface area contributed by atoms with Gasteiger partial charge in [0.25, 0.3) is 5.91 Å². The van der Waals surface area contributed by atoms with Crippen molar-refractivity contribution in [2.75, 3.05) is 18.0 Å². The molecular formula is C14H12F2N4O4S. The Morgan fingerprint density at radius 1 is 1.52 bits per heavy atom. The largest absolute Gasteiger partial charge is 0.481 e. The normalized spacial score (nSPS) is 21.1. The summed E-state index contributed by atoms with van der Waals surface area (Å²) in [4.78, 5) is 25.4. The number of nitrogens with one attached hydrogen (secondary N) is 2. The maximum atomic E-state index is 14.1. The molecule has 0 bridgehead atoms. The first-order chi connectivity index (χ1) is 11.8. The Morgan fingerprint density at radius 2 is 2.32 bits per heavy atom. The van der Waals surface area contributed by atoms with Crippen molar-refractivity contribution >= 4 is 28.9 Å². The van der Waals surface area contributed by atoms with Crippen LogP contribution < -0.4 is 15.0 Å². The number of rotatable bonds is 3. The van der Waals surface area contributed by atoms with E-state index in [2.05, 4.69) is 15.5 Å². The molecule has 2 aliphatic heterocycles. The summed E-state index contributed by atoms with van der Waals surface area (Å²) in [6.45, 7) is -0.793. The smallest absolute Gasteiger partial charge is 0.416 e. The van der Waals surface area contributed by atoms with Gasteiger partial charge in [-0.2, -0.15) is 13.9 Å². The van der Waals surface area contributed by atoms with Crippen LogP contribution in [-0.2, 0) is 4.79 Å². The molecule has 2 aromatic heterocycles. The second-order valence-electron chi connectivity index (χ2n) is 5.81. The number of carboxylic acid groups (broad SMARTS) is 1. The van der Waals surface area contributed by atoms with Gasteiger partial charge in [-0.25, -0.2) is 0 Å². The number of thiophene rings is 1. The number of aliphatic carboxylic acids is 1. The van der Waals surface area contributed by atoms with Gasteiger partial charge in [0, 0.05) is 18.3 Å². The standard InChI is InChI=1S/C14H12F2N4O4S/c15-14(16)5-20-4-7(1-8(21)22)19-13(23)12-9(20)10(24-14)11(25-12)6-2-17-18-3-6/h2-3,7H,1,4-5H2,(H,17,18)(H,19,23)(H,21,22)/t7-/m1/s1. The van der Waals surface area contributed by atoms with E-state index in [9.17, 15) is 18.4 Å². The van der Waals surface area contributed by atoms with Gasteiger partial charge >= 0.3 is 12.1 Å². The van der Waals surface area contributed by atoms with Crippen LogP contribution in [0, 0.1) is 0 Å². The van der Waals surface area contributed by atoms with Crippen LogP contribution in [0.4, 0.5) is 14.5 Å². The van der Waals surface area contributed by atoms with E-state index >= 15 is 0 Å². The molecule has 0 aliphatic carbocycles. The molecule has 0 radical (unpaired) electrons. The fraction of sp³-hybridized carbons (Fsp3) is 0.357. The van der Waals surface area contributed by atoms with Gasteiger partial charge < -0.3 is 20.1 Å². The molecule has 0 unspecified atom stereocenters. The number of aromatic amines is 1. The van der Waals surface area contributed by atoms with Gasteiger partial charge in [-0.3, -0.25) is 14.7 Å². The van der Waals surface area contributed by atoms with Crippen molar-refractivity contribution in [1.82, 2.24) is 15.5 Å². The van der Waals surface area contributed by atoms with E-state index in [4.69, 9.17) is 9.84 Å². The minimum absolute atomic E-state index is 0.0431. The summed E-state index contributed by atoms with van der Waals surface area (Å²) in [6.07, 6.45) is -0.834. The van der Waals surface area contributed by atoms with Gasteiger partial charge in [-0.1, -0.05) is 0 Å². The molecule has 8 nitrogen and oxygen atoms in total. The van der Waals surface area contributed by atoms with E-state index in [0.717, 1.165) is 11.3 Å². The second-order valence-corrected chi connectivity index (χ2v) is 6.83. The van der Waals surface area contributed by atoms with Gasteiger partial charge in [0.05, 0.1) is 23.5 Å². The van der Waals surface area contributed by atoms with E-state index in [1.54, 1.807) is 0 Å². The molecule has 132 valence electrons. The number of H-pyrrole nitrogens is 1. The fourth-order valence-corrected chi connectivity index (χ4v) is 4.17. The van der Waals surface area contributed by atoms with Gasteiger partial charge in [-0.15, -0.1) is 11.3 Å². The molecule has 4 heterocycles. The van der Waals surface area contributed by atoms with Crippen LogP contribution in [0.5, 0.6) is 5.75 Å². The minimum Gasteiger partial charge on any atom is -0.481 e. The number of amides is 1. The quantitative estimate of drug-likeness (QED) is 0.756. The number of ether oxygens (including phenoxy) is 1. The number of alkyl halides is 2. The lowest BCUT2D eigenvalue weighted by Gasteiger charge is -2.35. The Morgan fingerprint density at radius 3 is 3.00 bits per heavy atom. The topological polar surface area (TPSA) is 108 Å². The number of carbonyl (C=O) groups is 2. The Hall–Kier alpha value is -2.69. The Kier molecular flexibility index (Phi) is 3.42. The third-order valence-corrected chi connectivity index (χ3v) is 5.15. The molecule has 2 aromatic rings. The predicted octanol–water partition coefficient (Wildman–Crippen LogP) is 1.52. The highest BCUT2D eigenvalue weighted by Gasteiger charge is 2.47. The third kappa shape index (κ3) is 2.69. The zero-order valence-corrected chi connectivity index (χ0v) is 13.4. The molecular weight excluding hydrogens is 358 g/mol. The summed E-state index contributed by atoms with van der Waals surface area (Å²) in [5.41, 5.74) is 0.804. The monoisotopic (exact) mass is 370 g/mol. The van der Waals surface area contributed by atoms with Crippen molar-refractivity contribution in [3.63, 3.8) is 0 Å². The molecule has 0 saturated heterocycles. The first-order valence-corrected chi connectivity index (χ1v) is 8.16. The molecule has 4 rings (SSSR count). The highest BCUT2D eigenvalue weighted by molar-refractivity contribution is 7.18. The predicted molar refractivity (Wildman–Crippen MR) is 83.2 cm³/mol. The summed E-state index contributed by atoms with van der Waals surface area (Å²) in [7, 11) is 0. The fourth-order valence-electron chi connectivity index (χ4n) is 3.04. The molecule has 0 fully saturated rings. The van der Waals surface area contributed by atoms with E-state index in [-0.39, 0.29) is 29.3 Å². The zero-order valence-electron chi connectivity index (χ0n) is 12.6. The zero-order chi connectivity index (χ0) is 17.8. The molecule has 25 heavy (non-hydrogen) atoms. The highest BCUT2D eigenvalue weighted by atomic mass is 32.1. The lowest BCUT2D eigenvalue weighted by Crippen LogP contribution is -2.49. The van der Waals surface area contributed by atoms with Crippen molar-refractivity contribution < 1.29 is 28.2 Å². The molecule has 1 atom stereocenters. The molecule has 0 saturated carbocycles. The number of carboxylic acids is 1. The van der Waals surface area contributed by atoms with E-state index < -0.39 is 30.6 Å². The lowest BCUT2D eigenvalue weighted by molar-refractivity contribution is -0.171. The number of anilines is 1.